The van der Waals surface area contributed by atoms with E-state index in [-0.39, 0.29) is 0 Å². The monoisotopic (exact) mass is 402 g/mol. The summed E-state index contributed by atoms with van der Waals surface area (Å²) in [5.74, 6) is 2.61. The lowest BCUT2D eigenvalue weighted by Crippen LogP contribution is -2.21. The highest BCUT2D eigenvalue weighted by Gasteiger charge is 2.27. The van der Waals surface area contributed by atoms with Crippen LogP contribution in [-0.4, -0.2) is 16.8 Å². The predicted octanol–water partition coefficient (Wildman–Crippen LogP) is 5.54. The number of rotatable bonds is 5. The van der Waals surface area contributed by atoms with Crippen molar-refractivity contribution in [3.63, 3.8) is 0 Å². The minimum atomic E-state index is -0.392. The summed E-state index contributed by atoms with van der Waals surface area (Å²) in [6, 6.07) is 26.4. The number of hydrogen-bond acceptors (Lipinski definition) is 6. The number of aromatic nitrogens is 2. The first-order valence-corrected chi connectivity index (χ1v) is 10.3. The second kappa shape index (κ2) is 8.01. The Hall–Kier alpha value is -3.25. The van der Waals surface area contributed by atoms with E-state index < -0.39 is 6.10 Å². The maximum absolute atomic E-state index is 5.92. The van der Waals surface area contributed by atoms with E-state index in [1.54, 1.807) is 0 Å². The lowest BCUT2D eigenvalue weighted by Gasteiger charge is -2.23. The van der Waals surface area contributed by atoms with E-state index in [1.807, 2.05) is 42.5 Å². The Bertz CT molecular complexity index is 1100. The quantitative estimate of drug-likeness (QED) is 0.409. The van der Waals surface area contributed by atoms with E-state index in [1.165, 1.54) is 28.5 Å². The molecule has 0 spiro atoms. The van der Waals surface area contributed by atoms with E-state index in [4.69, 9.17) is 13.9 Å². The number of fused-ring (bicyclic) bond motifs is 1. The smallest absolute Gasteiger partial charge is 0.277 e. The first kappa shape index (κ1) is 17.8. The normalized spacial score (nSPS) is 15.2. The molecule has 5 rings (SSSR count). The molecule has 1 aliphatic rings. The van der Waals surface area contributed by atoms with E-state index in [2.05, 4.69) is 46.6 Å². The fourth-order valence-corrected chi connectivity index (χ4v) is 3.84. The molecule has 144 valence electrons. The van der Waals surface area contributed by atoms with Crippen LogP contribution in [0.4, 0.5) is 0 Å². The number of hydrogen-bond donors (Lipinski definition) is 0. The third kappa shape index (κ3) is 3.98. The standard InChI is InChI=1S/C23H18N2O3S/c1-2-6-17(7-3-1)18-12-10-16(11-13-18)15-29-23-25-24-22(28-23)21-14-26-19-8-4-5-9-20(19)27-21/h1-13,21H,14-15H2. The maximum atomic E-state index is 5.92. The highest BCUT2D eigenvalue weighted by atomic mass is 32.2. The molecule has 5 nitrogen and oxygen atoms in total. The summed E-state index contributed by atoms with van der Waals surface area (Å²) < 4.78 is 17.4. The zero-order valence-corrected chi connectivity index (χ0v) is 16.3. The third-order valence-corrected chi connectivity index (χ3v) is 5.52. The van der Waals surface area contributed by atoms with Crippen LogP contribution in [-0.2, 0) is 5.75 Å². The van der Waals surface area contributed by atoms with Crippen LogP contribution in [0.5, 0.6) is 11.5 Å². The minimum Gasteiger partial charge on any atom is -0.485 e. The zero-order valence-electron chi connectivity index (χ0n) is 15.5. The maximum Gasteiger partial charge on any atom is 0.277 e. The minimum absolute atomic E-state index is 0.351. The van der Waals surface area contributed by atoms with Crippen LogP contribution in [0.25, 0.3) is 11.1 Å². The van der Waals surface area contributed by atoms with Crippen LogP contribution in [0.15, 0.2) is 88.5 Å². The highest BCUT2D eigenvalue weighted by molar-refractivity contribution is 7.98. The molecule has 2 heterocycles. The van der Waals surface area contributed by atoms with Crippen molar-refractivity contribution in [2.24, 2.45) is 0 Å². The number of benzene rings is 3. The van der Waals surface area contributed by atoms with E-state index >= 15 is 0 Å². The van der Waals surface area contributed by atoms with Crippen LogP contribution in [0, 0.1) is 0 Å². The molecule has 4 aromatic rings. The second-order valence-corrected chi connectivity index (χ2v) is 7.55. The number of nitrogens with zero attached hydrogens (tertiary/aromatic N) is 2. The van der Waals surface area contributed by atoms with Gasteiger partial charge in [-0.1, -0.05) is 78.5 Å². The van der Waals surface area contributed by atoms with Crippen molar-refractivity contribution in [1.29, 1.82) is 0 Å². The van der Waals surface area contributed by atoms with Gasteiger partial charge in [0.05, 0.1) is 0 Å². The molecule has 1 unspecified atom stereocenters. The van der Waals surface area contributed by atoms with Gasteiger partial charge in [0.1, 0.15) is 6.61 Å². The fraction of sp³-hybridized carbons (Fsp3) is 0.130. The van der Waals surface area contributed by atoms with Gasteiger partial charge >= 0.3 is 0 Å². The average molecular weight is 402 g/mol. The van der Waals surface area contributed by atoms with E-state index in [9.17, 15) is 0 Å². The molecular formula is C23H18N2O3S. The Kier molecular flexibility index (Phi) is 4.92. The molecule has 1 aromatic heterocycles. The SMILES string of the molecule is c1ccc(-c2ccc(CSc3nnc(C4COc5ccccc5O4)o3)cc2)cc1. The summed E-state index contributed by atoms with van der Waals surface area (Å²) >= 11 is 1.51. The van der Waals surface area contributed by atoms with Crippen molar-refractivity contribution in [3.8, 4) is 22.6 Å². The van der Waals surface area contributed by atoms with Gasteiger partial charge < -0.3 is 13.9 Å². The molecule has 6 heteroatoms. The van der Waals surface area contributed by atoms with Gasteiger partial charge in [-0.25, -0.2) is 0 Å². The molecule has 0 N–H and O–H groups in total. The van der Waals surface area contributed by atoms with Crippen molar-refractivity contribution >= 4 is 11.8 Å². The largest absolute Gasteiger partial charge is 0.485 e. The van der Waals surface area contributed by atoms with Crippen LogP contribution in [0.2, 0.25) is 0 Å². The van der Waals surface area contributed by atoms with Crippen molar-refractivity contribution in [3.05, 3.63) is 90.3 Å². The van der Waals surface area contributed by atoms with Gasteiger partial charge in [-0.05, 0) is 28.8 Å². The lowest BCUT2D eigenvalue weighted by molar-refractivity contribution is 0.0686. The van der Waals surface area contributed by atoms with Crippen molar-refractivity contribution < 1.29 is 13.9 Å². The van der Waals surface area contributed by atoms with E-state index in [0.29, 0.717) is 23.5 Å². The predicted molar refractivity (Wildman–Crippen MR) is 111 cm³/mol. The summed E-state index contributed by atoms with van der Waals surface area (Å²) in [6.45, 7) is 0.351. The zero-order chi connectivity index (χ0) is 19.5. The average Bonchev–Trinajstić information content (AvgIpc) is 3.27. The molecule has 0 aliphatic carbocycles. The Labute approximate surface area is 172 Å². The van der Waals surface area contributed by atoms with Gasteiger partial charge in [-0.2, -0.15) is 0 Å². The van der Waals surface area contributed by atoms with Gasteiger partial charge in [0.2, 0.25) is 6.10 Å². The summed E-state index contributed by atoms with van der Waals surface area (Å²) in [6.07, 6.45) is -0.392. The molecule has 0 fully saturated rings. The molecule has 0 bridgehead atoms. The molecular weight excluding hydrogens is 384 g/mol. The van der Waals surface area contributed by atoms with Crippen LogP contribution in [0.1, 0.15) is 17.6 Å². The molecule has 0 radical (unpaired) electrons. The van der Waals surface area contributed by atoms with Gasteiger partial charge in [-0.3, -0.25) is 0 Å². The van der Waals surface area contributed by atoms with Gasteiger partial charge in [-0.15, -0.1) is 10.2 Å². The number of para-hydroxylation sites is 2. The molecule has 29 heavy (non-hydrogen) atoms. The van der Waals surface area contributed by atoms with Crippen molar-refractivity contribution in [1.82, 2.24) is 10.2 Å². The summed E-state index contributed by atoms with van der Waals surface area (Å²) in [5.41, 5.74) is 3.61. The Morgan fingerprint density at radius 2 is 1.52 bits per heavy atom. The van der Waals surface area contributed by atoms with Gasteiger partial charge in [0.15, 0.2) is 11.5 Å². The summed E-state index contributed by atoms with van der Waals surface area (Å²) in [4.78, 5) is 0. The van der Waals surface area contributed by atoms with Gasteiger partial charge in [0.25, 0.3) is 11.1 Å². The van der Waals surface area contributed by atoms with Gasteiger partial charge in [0, 0.05) is 5.75 Å². The van der Waals surface area contributed by atoms with Crippen molar-refractivity contribution in [2.75, 3.05) is 6.61 Å². The fourth-order valence-electron chi connectivity index (χ4n) is 3.12. The van der Waals surface area contributed by atoms with Crippen LogP contribution < -0.4 is 9.47 Å². The second-order valence-electron chi connectivity index (χ2n) is 6.62. The van der Waals surface area contributed by atoms with Crippen molar-refractivity contribution in [2.45, 2.75) is 17.1 Å². The lowest BCUT2D eigenvalue weighted by atomic mass is 10.0. The Morgan fingerprint density at radius 3 is 2.34 bits per heavy atom. The third-order valence-electron chi connectivity index (χ3n) is 4.63. The highest BCUT2D eigenvalue weighted by Crippen LogP contribution is 2.36. The molecule has 0 saturated carbocycles. The van der Waals surface area contributed by atoms with Crippen LogP contribution in [0.3, 0.4) is 0 Å². The van der Waals surface area contributed by atoms with Crippen LogP contribution >= 0.6 is 11.8 Å². The summed E-state index contributed by atoms with van der Waals surface area (Å²) in [5, 5.41) is 8.80. The first-order chi connectivity index (χ1) is 14.3. The Morgan fingerprint density at radius 1 is 0.793 bits per heavy atom. The van der Waals surface area contributed by atoms with E-state index in [0.717, 1.165) is 11.5 Å². The molecule has 0 amide bonds. The number of ether oxygens (including phenoxy) is 2. The molecule has 1 aliphatic heterocycles. The first-order valence-electron chi connectivity index (χ1n) is 9.34. The molecule has 1 atom stereocenters. The molecule has 3 aromatic carbocycles. The Balaban J connectivity index is 1.21. The number of thioether (sulfide) groups is 1. The topological polar surface area (TPSA) is 57.4 Å². The molecule has 0 saturated heterocycles. The summed E-state index contributed by atoms with van der Waals surface area (Å²) in [7, 11) is 0.